The third kappa shape index (κ3) is 3.77. The maximum Gasteiger partial charge on any atom is 0.275 e. The van der Waals surface area contributed by atoms with Crippen molar-refractivity contribution >= 4 is 40.0 Å². The SMILES string of the molecule is O=C(NNC(=O)c1c[nH]c2ccc(Cl)cc2c1=O)c1ccc([N+](=O)[O-])cc1. The van der Waals surface area contributed by atoms with Gasteiger partial charge in [-0.15, -0.1) is 0 Å². The molecule has 0 bridgehead atoms. The van der Waals surface area contributed by atoms with E-state index in [1.807, 2.05) is 0 Å². The highest BCUT2D eigenvalue weighted by Gasteiger charge is 2.15. The maximum atomic E-state index is 12.4. The van der Waals surface area contributed by atoms with Crippen LogP contribution in [0.4, 0.5) is 5.69 Å². The molecule has 0 spiro atoms. The summed E-state index contributed by atoms with van der Waals surface area (Å²) in [4.78, 5) is 49.5. The van der Waals surface area contributed by atoms with Crippen LogP contribution in [0.1, 0.15) is 20.7 Å². The van der Waals surface area contributed by atoms with Crippen LogP contribution < -0.4 is 16.3 Å². The lowest BCUT2D eigenvalue weighted by molar-refractivity contribution is -0.384. The zero-order chi connectivity index (χ0) is 19.6. The van der Waals surface area contributed by atoms with E-state index in [2.05, 4.69) is 15.8 Å². The number of non-ortho nitro benzene ring substituents is 1. The van der Waals surface area contributed by atoms with E-state index in [1.165, 1.54) is 24.4 Å². The third-order valence-corrected chi connectivity index (χ3v) is 3.95. The summed E-state index contributed by atoms with van der Waals surface area (Å²) in [5, 5.41) is 11.2. The topological polar surface area (TPSA) is 134 Å². The molecule has 0 atom stereocenters. The Labute approximate surface area is 156 Å². The first-order valence-corrected chi connectivity index (χ1v) is 7.90. The van der Waals surface area contributed by atoms with Gasteiger partial charge in [-0.3, -0.25) is 35.3 Å². The average Bonchev–Trinajstić information content (AvgIpc) is 2.66. The molecule has 9 nitrogen and oxygen atoms in total. The van der Waals surface area contributed by atoms with Crippen LogP contribution >= 0.6 is 11.6 Å². The molecule has 136 valence electrons. The highest BCUT2D eigenvalue weighted by atomic mass is 35.5. The maximum absolute atomic E-state index is 12.4. The molecule has 10 heteroatoms. The normalized spacial score (nSPS) is 10.4. The number of nitrogens with zero attached hydrogens (tertiary/aromatic N) is 1. The van der Waals surface area contributed by atoms with Crippen LogP contribution in [0.25, 0.3) is 10.9 Å². The molecule has 0 radical (unpaired) electrons. The summed E-state index contributed by atoms with van der Waals surface area (Å²) in [5.41, 5.74) is 3.95. The van der Waals surface area contributed by atoms with E-state index < -0.39 is 22.2 Å². The zero-order valence-electron chi connectivity index (χ0n) is 13.5. The summed E-state index contributed by atoms with van der Waals surface area (Å²) in [7, 11) is 0. The number of hydrazine groups is 1. The van der Waals surface area contributed by atoms with Crippen LogP contribution in [-0.2, 0) is 0 Å². The second kappa shape index (κ2) is 7.26. The van der Waals surface area contributed by atoms with Crippen molar-refractivity contribution in [2.75, 3.05) is 0 Å². The van der Waals surface area contributed by atoms with Crippen LogP contribution in [0.2, 0.25) is 5.02 Å². The largest absolute Gasteiger partial charge is 0.360 e. The van der Waals surface area contributed by atoms with Crippen molar-refractivity contribution in [1.29, 1.82) is 0 Å². The molecule has 0 unspecified atom stereocenters. The number of carbonyl (C=O) groups excluding carboxylic acids is 2. The van der Waals surface area contributed by atoms with Gasteiger partial charge in [-0.1, -0.05) is 11.6 Å². The van der Waals surface area contributed by atoms with Crippen LogP contribution in [0, 0.1) is 10.1 Å². The molecule has 2 aromatic carbocycles. The molecule has 0 saturated carbocycles. The molecule has 1 aromatic heterocycles. The smallest absolute Gasteiger partial charge is 0.275 e. The fourth-order valence-corrected chi connectivity index (χ4v) is 2.52. The number of aromatic amines is 1. The van der Waals surface area contributed by atoms with Gasteiger partial charge in [0, 0.05) is 39.8 Å². The summed E-state index contributed by atoms with van der Waals surface area (Å²) in [5.74, 6) is -1.52. The van der Waals surface area contributed by atoms with Gasteiger partial charge in [-0.25, -0.2) is 0 Å². The van der Waals surface area contributed by atoms with Gasteiger partial charge in [-0.05, 0) is 30.3 Å². The van der Waals surface area contributed by atoms with Crippen molar-refractivity contribution in [3.05, 3.63) is 85.1 Å². The van der Waals surface area contributed by atoms with Crippen molar-refractivity contribution in [3.63, 3.8) is 0 Å². The molecule has 0 aliphatic heterocycles. The van der Waals surface area contributed by atoms with Gasteiger partial charge in [0.05, 0.1) is 4.92 Å². The van der Waals surface area contributed by atoms with E-state index in [4.69, 9.17) is 11.6 Å². The van der Waals surface area contributed by atoms with Crippen molar-refractivity contribution in [3.8, 4) is 0 Å². The highest BCUT2D eigenvalue weighted by molar-refractivity contribution is 6.31. The predicted octanol–water partition coefficient (Wildman–Crippen LogP) is 2.16. The Morgan fingerprint density at radius 1 is 1.04 bits per heavy atom. The summed E-state index contributed by atoms with van der Waals surface area (Å²) in [6.07, 6.45) is 1.23. The average molecular weight is 387 g/mol. The van der Waals surface area contributed by atoms with Crippen molar-refractivity contribution < 1.29 is 14.5 Å². The summed E-state index contributed by atoms with van der Waals surface area (Å²) in [6.45, 7) is 0. The Bertz CT molecular complexity index is 1120. The van der Waals surface area contributed by atoms with E-state index in [1.54, 1.807) is 12.1 Å². The Balaban J connectivity index is 1.75. The Morgan fingerprint density at radius 3 is 2.37 bits per heavy atom. The number of benzene rings is 2. The third-order valence-electron chi connectivity index (χ3n) is 3.72. The van der Waals surface area contributed by atoms with Gasteiger partial charge in [0.15, 0.2) is 0 Å². The number of rotatable bonds is 3. The van der Waals surface area contributed by atoms with Crippen LogP contribution in [0.15, 0.2) is 53.5 Å². The summed E-state index contributed by atoms with van der Waals surface area (Å²) in [6, 6.07) is 9.45. The molecule has 0 fully saturated rings. The Morgan fingerprint density at radius 2 is 1.70 bits per heavy atom. The number of pyridine rings is 1. The number of nitro groups is 1. The number of amides is 2. The van der Waals surface area contributed by atoms with Gasteiger partial charge in [0.2, 0.25) is 5.43 Å². The molecule has 0 aliphatic rings. The number of hydrogen-bond donors (Lipinski definition) is 3. The monoisotopic (exact) mass is 386 g/mol. The molecule has 3 aromatic rings. The van der Waals surface area contributed by atoms with Crippen LogP contribution in [0.3, 0.4) is 0 Å². The predicted molar refractivity (Wildman–Crippen MR) is 97.6 cm³/mol. The number of halogens is 1. The van der Waals surface area contributed by atoms with Crippen molar-refractivity contribution in [2.24, 2.45) is 0 Å². The lowest BCUT2D eigenvalue weighted by Gasteiger charge is -2.08. The Hall–Kier alpha value is -3.72. The quantitative estimate of drug-likeness (QED) is 0.468. The minimum Gasteiger partial charge on any atom is -0.360 e. The molecule has 0 aliphatic carbocycles. The second-order valence-corrected chi connectivity index (χ2v) is 5.87. The number of nitrogens with one attached hydrogen (secondary N) is 3. The number of carbonyl (C=O) groups is 2. The van der Waals surface area contributed by atoms with Crippen molar-refractivity contribution in [2.45, 2.75) is 0 Å². The van der Waals surface area contributed by atoms with Gasteiger partial charge in [0.1, 0.15) is 5.56 Å². The standard InChI is InChI=1S/C17H11ClN4O5/c18-10-3-6-14-12(7-10)15(23)13(8-19-14)17(25)21-20-16(24)9-1-4-11(5-2-9)22(26)27/h1-8H,(H,19,23)(H,20,24)(H,21,25). The van der Waals surface area contributed by atoms with Crippen molar-refractivity contribution in [1.82, 2.24) is 15.8 Å². The highest BCUT2D eigenvalue weighted by Crippen LogP contribution is 2.15. The molecule has 27 heavy (non-hydrogen) atoms. The number of fused-ring (bicyclic) bond motifs is 1. The minimum atomic E-state index is -0.826. The van der Waals surface area contributed by atoms with Gasteiger partial charge in [0.25, 0.3) is 17.5 Å². The summed E-state index contributed by atoms with van der Waals surface area (Å²) >= 11 is 5.87. The van der Waals surface area contributed by atoms with Gasteiger partial charge < -0.3 is 4.98 Å². The molecule has 1 heterocycles. The molecule has 3 rings (SSSR count). The number of nitro benzene ring substituents is 1. The summed E-state index contributed by atoms with van der Waals surface area (Å²) < 4.78 is 0. The zero-order valence-corrected chi connectivity index (χ0v) is 14.2. The molecule has 0 saturated heterocycles. The molecular formula is C17H11ClN4O5. The van der Waals surface area contributed by atoms with E-state index in [-0.39, 0.29) is 22.2 Å². The lowest BCUT2D eigenvalue weighted by Crippen LogP contribution is -2.43. The van der Waals surface area contributed by atoms with Gasteiger partial charge >= 0.3 is 0 Å². The molecular weight excluding hydrogens is 376 g/mol. The van der Waals surface area contributed by atoms with E-state index in [9.17, 15) is 24.5 Å². The van der Waals surface area contributed by atoms with E-state index in [0.717, 1.165) is 12.1 Å². The first-order valence-electron chi connectivity index (χ1n) is 7.53. The molecule has 3 N–H and O–H groups in total. The first-order chi connectivity index (χ1) is 12.9. The molecule has 2 amide bonds. The fourth-order valence-electron chi connectivity index (χ4n) is 2.35. The Kier molecular flexibility index (Phi) is 4.86. The second-order valence-electron chi connectivity index (χ2n) is 5.43. The first kappa shape index (κ1) is 18.1. The van der Waals surface area contributed by atoms with Gasteiger partial charge in [-0.2, -0.15) is 0 Å². The lowest BCUT2D eigenvalue weighted by atomic mass is 10.1. The van der Waals surface area contributed by atoms with E-state index in [0.29, 0.717) is 10.5 Å². The van der Waals surface area contributed by atoms with Crippen LogP contribution in [-0.4, -0.2) is 21.7 Å². The van der Waals surface area contributed by atoms with E-state index >= 15 is 0 Å². The number of hydrogen-bond acceptors (Lipinski definition) is 5. The number of aromatic nitrogens is 1. The fraction of sp³-hybridized carbons (Fsp3) is 0. The number of H-pyrrole nitrogens is 1. The van der Waals surface area contributed by atoms with Crippen LogP contribution in [0.5, 0.6) is 0 Å². The minimum absolute atomic E-state index is 0.0973.